The van der Waals surface area contributed by atoms with Gasteiger partial charge in [0.05, 0.1) is 7.11 Å². The molecule has 0 aromatic heterocycles. The number of hydrogen-bond donors (Lipinski definition) is 0. The number of esters is 1. The van der Waals surface area contributed by atoms with Crippen LogP contribution in [0.4, 0.5) is 0 Å². The molecule has 0 N–H and O–H groups in total. The first-order valence-corrected chi connectivity index (χ1v) is 10.7. The molecule has 0 radical (unpaired) electrons. The van der Waals surface area contributed by atoms with Crippen LogP contribution >= 0.6 is 0 Å². The maximum atomic E-state index is 13.1. The minimum Gasteiger partial charge on any atom is -0.497 e. The van der Waals surface area contributed by atoms with Crippen molar-refractivity contribution in [1.82, 2.24) is 4.90 Å². The summed E-state index contributed by atoms with van der Waals surface area (Å²) in [6.45, 7) is 1.58. The average molecular weight is 408 g/mol. The van der Waals surface area contributed by atoms with Crippen LogP contribution in [0.2, 0.25) is 0 Å². The zero-order valence-electron chi connectivity index (χ0n) is 17.4. The lowest BCUT2D eigenvalue weighted by Gasteiger charge is -2.37. The van der Waals surface area contributed by atoms with E-state index in [1.807, 2.05) is 42.5 Å². The molecule has 1 aliphatic heterocycles. The van der Waals surface area contributed by atoms with Gasteiger partial charge in [0.2, 0.25) is 0 Å². The predicted octanol–water partition coefficient (Wildman–Crippen LogP) is 3.82. The van der Waals surface area contributed by atoms with Crippen molar-refractivity contribution in [1.29, 1.82) is 0 Å². The molecule has 2 fully saturated rings. The first kappa shape index (κ1) is 20.6. The second-order valence-corrected chi connectivity index (χ2v) is 8.36. The normalized spacial score (nSPS) is 22.8. The third kappa shape index (κ3) is 4.41. The first-order chi connectivity index (χ1) is 14.7. The highest BCUT2D eigenvalue weighted by Gasteiger charge is 2.44. The van der Waals surface area contributed by atoms with Crippen LogP contribution in [-0.2, 0) is 20.9 Å². The second-order valence-electron chi connectivity index (χ2n) is 8.36. The highest BCUT2D eigenvalue weighted by molar-refractivity contribution is 5.76. The van der Waals surface area contributed by atoms with Gasteiger partial charge in [0.25, 0.3) is 0 Å². The summed E-state index contributed by atoms with van der Waals surface area (Å²) in [5.41, 5.74) is 2.10. The van der Waals surface area contributed by atoms with Gasteiger partial charge in [0, 0.05) is 24.9 Å². The van der Waals surface area contributed by atoms with Crippen LogP contribution in [0.5, 0.6) is 5.75 Å². The lowest BCUT2D eigenvalue weighted by atomic mass is 9.79. The molecule has 30 heavy (non-hydrogen) atoms. The molecule has 3 atom stereocenters. The summed E-state index contributed by atoms with van der Waals surface area (Å²) in [4.78, 5) is 27.1. The van der Waals surface area contributed by atoms with Crippen LogP contribution in [0.3, 0.4) is 0 Å². The van der Waals surface area contributed by atoms with Gasteiger partial charge in [0.15, 0.2) is 0 Å². The van der Waals surface area contributed by atoms with Crippen LogP contribution in [0.25, 0.3) is 0 Å². The fourth-order valence-electron chi connectivity index (χ4n) is 4.64. The molecule has 1 heterocycles. The van der Waals surface area contributed by atoms with Crippen LogP contribution in [0, 0.1) is 11.8 Å². The summed E-state index contributed by atoms with van der Waals surface area (Å²) < 4.78 is 10.9. The van der Waals surface area contributed by atoms with Crippen molar-refractivity contribution in [3.63, 3.8) is 0 Å². The number of rotatable bonds is 8. The van der Waals surface area contributed by atoms with Crippen molar-refractivity contribution in [3.8, 4) is 5.75 Å². The van der Waals surface area contributed by atoms with E-state index in [0.717, 1.165) is 42.4 Å². The highest BCUT2D eigenvalue weighted by atomic mass is 16.5. The van der Waals surface area contributed by atoms with E-state index in [1.54, 1.807) is 7.11 Å². The Morgan fingerprint density at radius 3 is 2.43 bits per heavy atom. The van der Waals surface area contributed by atoms with Crippen LogP contribution in [0.1, 0.15) is 36.3 Å². The molecular weight excluding hydrogens is 378 g/mol. The van der Waals surface area contributed by atoms with E-state index >= 15 is 0 Å². The van der Waals surface area contributed by atoms with Gasteiger partial charge in [0.1, 0.15) is 24.7 Å². The van der Waals surface area contributed by atoms with E-state index in [1.165, 1.54) is 0 Å². The smallest absolute Gasteiger partial charge is 0.323 e. The number of aldehydes is 1. The van der Waals surface area contributed by atoms with E-state index in [0.29, 0.717) is 19.0 Å². The number of carbonyl (C=O) groups is 2. The lowest BCUT2D eigenvalue weighted by Crippen LogP contribution is -2.48. The van der Waals surface area contributed by atoms with Gasteiger partial charge in [-0.15, -0.1) is 0 Å². The largest absolute Gasteiger partial charge is 0.497 e. The molecule has 2 aromatic carbocycles. The summed E-state index contributed by atoms with van der Waals surface area (Å²) in [6.07, 6.45) is 4.29. The van der Waals surface area contributed by atoms with Gasteiger partial charge in [-0.3, -0.25) is 9.69 Å². The molecule has 0 unspecified atom stereocenters. The van der Waals surface area contributed by atoms with Gasteiger partial charge in [-0.2, -0.15) is 0 Å². The summed E-state index contributed by atoms with van der Waals surface area (Å²) in [5.74, 6) is 0.954. The Morgan fingerprint density at radius 1 is 1.10 bits per heavy atom. The molecule has 5 heteroatoms. The molecule has 158 valence electrons. The van der Waals surface area contributed by atoms with E-state index in [2.05, 4.69) is 17.0 Å². The summed E-state index contributed by atoms with van der Waals surface area (Å²) in [5, 5.41) is 0. The number of benzene rings is 2. The maximum absolute atomic E-state index is 13.1. The number of ether oxygens (including phenoxy) is 2. The Morgan fingerprint density at radius 2 is 1.83 bits per heavy atom. The molecule has 2 aliphatic rings. The maximum Gasteiger partial charge on any atom is 0.323 e. The molecular formula is C25H29NO4. The van der Waals surface area contributed by atoms with Crippen molar-refractivity contribution in [2.45, 2.75) is 37.8 Å². The Bertz CT molecular complexity index is 847. The molecule has 1 saturated carbocycles. The van der Waals surface area contributed by atoms with Crippen LogP contribution < -0.4 is 4.74 Å². The minimum absolute atomic E-state index is 0.0932. The fourth-order valence-corrected chi connectivity index (χ4v) is 4.64. The third-order valence-electron chi connectivity index (χ3n) is 6.57. The lowest BCUT2D eigenvalue weighted by molar-refractivity contribution is -0.155. The molecule has 0 amide bonds. The molecule has 0 bridgehead atoms. The number of likely N-dealkylation sites (tertiary alicyclic amines) is 1. The van der Waals surface area contributed by atoms with E-state index in [-0.39, 0.29) is 30.5 Å². The standard InChI is InChI=1S/C25H29NO4/c1-29-22-12-10-18(11-13-22)17-30-25(28)24(20-8-5-9-20)26-14-21(16-27)23(15-26)19-6-3-2-4-7-19/h2-4,6-7,10-13,16,20-21,23-24H,5,8-9,14-15,17H2,1H3/t21-,23-,24-/m1/s1. The van der Waals surface area contributed by atoms with Gasteiger partial charge >= 0.3 is 5.97 Å². The molecule has 1 aliphatic carbocycles. The number of nitrogens with zero attached hydrogens (tertiary/aromatic N) is 1. The molecule has 4 rings (SSSR count). The van der Waals surface area contributed by atoms with Gasteiger partial charge < -0.3 is 14.3 Å². The zero-order valence-corrected chi connectivity index (χ0v) is 17.4. The van der Waals surface area contributed by atoms with Crippen molar-refractivity contribution >= 4 is 12.3 Å². The van der Waals surface area contributed by atoms with Crippen molar-refractivity contribution in [2.24, 2.45) is 11.8 Å². The van der Waals surface area contributed by atoms with Crippen LogP contribution in [-0.4, -0.2) is 43.4 Å². The predicted molar refractivity (Wildman–Crippen MR) is 114 cm³/mol. The average Bonchev–Trinajstić information content (AvgIpc) is 3.19. The fraction of sp³-hybridized carbons (Fsp3) is 0.440. The van der Waals surface area contributed by atoms with E-state index in [9.17, 15) is 9.59 Å². The first-order valence-electron chi connectivity index (χ1n) is 10.7. The summed E-state index contributed by atoms with van der Waals surface area (Å²) in [7, 11) is 1.63. The summed E-state index contributed by atoms with van der Waals surface area (Å²) in [6, 6.07) is 17.4. The molecule has 2 aromatic rings. The number of hydrogen-bond acceptors (Lipinski definition) is 5. The van der Waals surface area contributed by atoms with Gasteiger partial charge in [-0.1, -0.05) is 48.9 Å². The monoisotopic (exact) mass is 407 g/mol. The molecule has 1 saturated heterocycles. The summed E-state index contributed by atoms with van der Waals surface area (Å²) >= 11 is 0. The van der Waals surface area contributed by atoms with Gasteiger partial charge in [-0.25, -0.2) is 0 Å². The van der Waals surface area contributed by atoms with Crippen molar-refractivity contribution in [3.05, 3.63) is 65.7 Å². The highest BCUT2D eigenvalue weighted by Crippen LogP contribution is 2.39. The Kier molecular flexibility index (Phi) is 6.48. The Balaban J connectivity index is 1.45. The third-order valence-corrected chi connectivity index (χ3v) is 6.57. The van der Waals surface area contributed by atoms with E-state index in [4.69, 9.17) is 9.47 Å². The van der Waals surface area contributed by atoms with Crippen molar-refractivity contribution < 1.29 is 19.1 Å². The molecule has 5 nitrogen and oxygen atoms in total. The van der Waals surface area contributed by atoms with E-state index < -0.39 is 0 Å². The SMILES string of the molecule is COc1ccc(COC(=O)[C@@H](C2CCC2)N2C[C@H](c3ccccc3)[C@@H](C=O)C2)cc1. The zero-order chi connectivity index (χ0) is 20.9. The number of methoxy groups -OCH3 is 1. The topological polar surface area (TPSA) is 55.8 Å². The van der Waals surface area contributed by atoms with Crippen molar-refractivity contribution in [2.75, 3.05) is 20.2 Å². The Hall–Kier alpha value is -2.66. The second kappa shape index (κ2) is 9.43. The number of carbonyl (C=O) groups excluding carboxylic acids is 2. The van der Waals surface area contributed by atoms with Crippen LogP contribution in [0.15, 0.2) is 54.6 Å². The Labute approximate surface area is 178 Å². The quantitative estimate of drug-likeness (QED) is 0.492. The molecule has 0 spiro atoms. The minimum atomic E-state index is -0.270. The van der Waals surface area contributed by atoms with Gasteiger partial charge in [-0.05, 0) is 42.0 Å².